The number of rotatable bonds is 4. The van der Waals surface area contributed by atoms with Gasteiger partial charge in [-0.2, -0.15) is 8.42 Å². The number of benzene rings is 1. The van der Waals surface area contributed by atoms with Crippen LogP contribution in [0.4, 0.5) is 11.4 Å². The Bertz CT molecular complexity index is 680. The van der Waals surface area contributed by atoms with E-state index in [0.717, 1.165) is 0 Å². The lowest BCUT2D eigenvalue weighted by Crippen LogP contribution is -2.21. The second kappa shape index (κ2) is 5.12. The highest BCUT2D eigenvalue weighted by Crippen LogP contribution is 2.16. The van der Waals surface area contributed by atoms with Crippen LogP contribution in [-0.2, 0) is 10.2 Å². The Labute approximate surface area is 110 Å². The van der Waals surface area contributed by atoms with Gasteiger partial charge in [0.15, 0.2) is 0 Å². The predicted molar refractivity (Wildman–Crippen MR) is 71.9 cm³/mol. The van der Waals surface area contributed by atoms with Crippen molar-refractivity contribution in [1.29, 1.82) is 0 Å². The van der Waals surface area contributed by atoms with E-state index >= 15 is 0 Å². The Morgan fingerprint density at radius 3 is 2.53 bits per heavy atom. The third-order valence-corrected chi connectivity index (χ3v) is 2.74. The number of nitrogens with two attached hydrogens (primary N) is 1. The number of amides is 1. The molecule has 8 heteroatoms. The minimum atomic E-state index is -3.83. The number of carbonyl (C=O) groups excluding carboxylic acids is 1. The third kappa shape index (κ3) is 3.83. The highest BCUT2D eigenvalue weighted by Gasteiger charge is 2.07. The van der Waals surface area contributed by atoms with E-state index in [1.807, 2.05) is 0 Å². The number of H-pyrrole nitrogens is 1. The number of hydrogen-bond acceptors (Lipinski definition) is 3. The zero-order chi connectivity index (χ0) is 13.9. The molecule has 0 radical (unpaired) electrons. The minimum absolute atomic E-state index is 0.270. The first kappa shape index (κ1) is 13.1. The maximum absolute atomic E-state index is 11.8. The fraction of sp³-hybridized carbons (Fsp3) is 0. The molecule has 1 aromatic carbocycles. The van der Waals surface area contributed by atoms with Gasteiger partial charge in [0.05, 0.1) is 5.69 Å². The zero-order valence-corrected chi connectivity index (χ0v) is 10.6. The smallest absolute Gasteiger partial charge is 0.296 e. The molecule has 2 rings (SSSR count). The maximum atomic E-state index is 11.8. The Kier molecular flexibility index (Phi) is 3.54. The largest absolute Gasteiger partial charge is 0.357 e. The maximum Gasteiger partial charge on any atom is 0.296 e. The monoisotopic (exact) mass is 280 g/mol. The summed E-state index contributed by atoms with van der Waals surface area (Å²) >= 11 is 0. The number of carbonyl (C=O) groups is 1. The van der Waals surface area contributed by atoms with Crippen LogP contribution in [-0.4, -0.2) is 19.3 Å². The minimum Gasteiger partial charge on any atom is -0.357 e. The number of anilines is 2. The molecule has 0 aliphatic rings. The first-order valence-corrected chi connectivity index (χ1v) is 6.84. The van der Waals surface area contributed by atoms with Gasteiger partial charge in [0.1, 0.15) is 5.69 Å². The van der Waals surface area contributed by atoms with Gasteiger partial charge in [-0.25, -0.2) is 5.14 Å². The van der Waals surface area contributed by atoms with Gasteiger partial charge in [-0.3, -0.25) is 9.52 Å². The van der Waals surface area contributed by atoms with Crippen LogP contribution in [0.15, 0.2) is 42.6 Å². The topological polar surface area (TPSA) is 117 Å². The number of hydrogen-bond donors (Lipinski definition) is 4. The van der Waals surface area contributed by atoms with Gasteiger partial charge in [0.2, 0.25) is 0 Å². The number of aromatic nitrogens is 1. The van der Waals surface area contributed by atoms with Gasteiger partial charge in [0, 0.05) is 11.9 Å². The Balaban J connectivity index is 2.13. The van der Waals surface area contributed by atoms with Crippen molar-refractivity contribution < 1.29 is 13.2 Å². The molecule has 2 aromatic rings. The van der Waals surface area contributed by atoms with Crippen LogP contribution in [0.1, 0.15) is 10.5 Å². The van der Waals surface area contributed by atoms with E-state index < -0.39 is 10.2 Å². The van der Waals surface area contributed by atoms with Crippen LogP contribution in [0.5, 0.6) is 0 Å². The van der Waals surface area contributed by atoms with Crippen molar-refractivity contribution in [2.24, 2.45) is 5.14 Å². The van der Waals surface area contributed by atoms with Crippen molar-refractivity contribution in [2.45, 2.75) is 0 Å². The summed E-state index contributed by atoms with van der Waals surface area (Å²) < 4.78 is 23.9. The summed E-state index contributed by atoms with van der Waals surface area (Å²) in [6, 6.07) is 9.54. The molecule has 100 valence electrons. The Hall–Kier alpha value is -2.32. The lowest BCUT2D eigenvalue weighted by Gasteiger charge is -2.07. The van der Waals surface area contributed by atoms with Gasteiger partial charge in [-0.15, -0.1) is 0 Å². The van der Waals surface area contributed by atoms with Crippen LogP contribution in [0.2, 0.25) is 0 Å². The average Bonchev–Trinajstić information content (AvgIpc) is 2.80. The van der Waals surface area contributed by atoms with Crippen molar-refractivity contribution in [3.8, 4) is 0 Å². The highest BCUT2D eigenvalue weighted by atomic mass is 32.2. The molecule has 1 heterocycles. The number of nitrogens with one attached hydrogen (secondary N) is 3. The van der Waals surface area contributed by atoms with Gasteiger partial charge in [-0.1, -0.05) is 6.07 Å². The molecule has 0 aliphatic carbocycles. The quantitative estimate of drug-likeness (QED) is 0.666. The molecule has 0 unspecified atom stereocenters. The summed E-state index contributed by atoms with van der Waals surface area (Å²) in [7, 11) is -3.83. The van der Waals surface area contributed by atoms with E-state index in [1.165, 1.54) is 12.1 Å². The SMILES string of the molecule is NS(=O)(=O)Nc1cccc(NC(=O)c2ccc[nH]2)c1. The summed E-state index contributed by atoms with van der Waals surface area (Å²) in [5.41, 5.74) is 1.13. The molecule has 7 nitrogen and oxygen atoms in total. The molecule has 1 aromatic heterocycles. The van der Waals surface area contributed by atoms with Crippen LogP contribution in [0.3, 0.4) is 0 Å². The van der Waals surface area contributed by atoms with Gasteiger partial charge in [0.25, 0.3) is 16.1 Å². The molecular weight excluding hydrogens is 268 g/mol. The van der Waals surface area contributed by atoms with Crippen LogP contribution < -0.4 is 15.2 Å². The van der Waals surface area contributed by atoms with Crippen molar-refractivity contribution >= 4 is 27.5 Å². The molecule has 5 N–H and O–H groups in total. The van der Waals surface area contributed by atoms with E-state index in [4.69, 9.17) is 5.14 Å². The second-order valence-corrected chi connectivity index (χ2v) is 5.06. The second-order valence-electron chi connectivity index (χ2n) is 3.77. The van der Waals surface area contributed by atoms with Crippen molar-refractivity contribution in [1.82, 2.24) is 4.98 Å². The number of aromatic amines is 1. The van der Waals surface area contributed by atoms with E-state index in [2.05, 4.69) is 15.0 Å². The molecule has 0 spiro atoms. The summed E-state index contributed by atoms with van der Waals surface area (Å²) in [6.07, 6.45) is 1.63. The summed E-state index contributed by atoms with van der Waals surface area (Å²) in [5, 5.41) is 7.49. The van der Waals surface area contributed by atoms with Gasteiger partial charge in [-0.05, 0) is 30.3 Å². The summed E-state index contributed by atoms with van der Waals surface area (Å²) in [4.78, 5) is 14.5. The van der Waals surface area contributed by atoms with E-state index in [0.29, 0.717) is 11.4 Å². The van der Waals surface area contributed by atoms with Crippen LogP contribution in [0, 0.1) is 0 Å². The molecule has 0 atom stereocenters. The van der Waals surface area contributed by atoms with Crippen molar-refractivity contribution in [3.63, 3.8) is 0 Å². The molecule has 19 heavy (non-hydrogen) atoms. The van der Waals surface area contributed by atoms with Crippen LogP contribution in [0.25, 0.3) is 0 Å². The zero-order valence-electron chi connectivity index (χ0n) is 9.75. The molecule has 0 aliphatic heterocycles. The molecular formula is C11H12N4O3S. The lowest BCUT2D eigenvalue weighted by atomic mass is 10.2. The van der Waals surface area contributed by atoms with E-state index in [1.54, 1.807) is 30.5 Å². The van der Waals surface area contributed by atoms with Gasteiger partial charge < -0.3 is 10.3 Å². The highest BCUT2D eigenvalue weighted by molar-refractivity contribution is 7.90. The molecule has 0 bridgehead atoms. The normalized spacial score (nSPS) is 11.0. The Morgan fingerprint density at radius 1 is 1.16 bits per heavy atom. The fourth-order valence-corrected chi connectivity index (χ4v) is 1.95. The average molecular weight is 280 g/mol. The van der Waals surface area contributed by atoms with E-state index in [-0.39, 0.29) is 11.6 Å². The van der Waals surface area contributed by atoms with Crippen molar-refractivity contribution in [3.05, 3.63) is 48.3 Å². The van der Waals surface area contributed by atoms with E-state index in [9.17, 15) is 13.2 Å². The first-order valence-electron chi connectivity index (χ1n) is 5.29. The molecule has 0 saturated heterocycles. The van der Waals surface area contributed by atoms with Crippen LogP contribution >= 0.6 is 0 Å². The molecule has 1 amide bonds. The standard InChI is InChI=1S/C11H12N4O3S/c12-19(17,18)15-9-4-1-3-8(7-9)14-11(16)10-5-2-6-13-10/h1-7,13,15H,(H,14,16)(H2,12,17,18). The first-order chi connectivity index (χ1) is 8.94. The van der Waals surface area contributed by atoms with Gasteiger partial charge >= 0.3 is 0 Å². The summed E-state index contributed by atoms with van der Waals surface area (Å²) in [5.74, 6) is -0.322. The fourth-order valence-electron chi connectivity index (χ4n) is 1.49. The molecule has 0 fully saturated rings. The lowest BCUT2D eigenvalue weighted by molar-refractivity contribution is 0.102. The Morgan fingerprint density at radius 2 is 1.89 bits per heavy atom. The van der Waals surface area contributed by atoms with Crippen molar-refractivity contribution in [2.75, 3.05) is 10.0 Å². The molecule has 0 saturated carbocycles. The third-order valence-electron chi connectivity index (χ3n) is 2.22. The summed E-state index contributed by atoms with van der Waals surface area (Å²) in [6.45, 7) is 0. The predicted octanol–water partition coefficient (Wildman–Crippen LogP) is 0.882.